The third kappa shape index (κ3) is 5.70. The van der Waals surface area contributed by atoms with Crippen molar-refractivity contribution in [3.8, 4) is 0 Å². The molecule has 1 aliphatic heterocycles. The van der Waals surface area contributed by atoms with Gasteiger partial charge in [0.2, 0.25) is 5.91 Å². The molecular weight excluding hydrogens is 338 g/mol. The normalized spacial score (nSPS) is 18.9. The molecule has 6 heteroatoms. The Morgan fingerprint density at radius 1 is 1.40 bits per heavy atom. The standard InChI is InChI=1S/C19H28ClN3O2/c1-13(2)14(3)9-18(24)23-8-4-5-15(12-23)10-22-19(25)16-6-7-21-11-17(16)20/h6-7,11,13-15H,4-5,8-10,12H2,1-3H3,(H,22,25)/t14-,15+/m0/s1. The van der Waals surface area contributed by atoms with Crippen molar-refractivity contribution >= 4 is 23.4 Å². The summed E-state index contributed by atoms with van der Waals surface area (Å²) in [6, 6.07) is 1.61. The first kappa shape index (κ1) is 19.7. The molecule has 0 aromatic carbocycles. The van der Waals surface area contributed by atoms with E-state index in [-0.39, 0.29) is 17.7 Å². The van der Waals surface area contributed by atoms with Crippen LogP contribution in [0.3, 0.4) is 0 Å². The van der Waals surface area contributed by atoms with Gasteiger partial charge in [-0.2, -0.15) is 0 Å². The fourth-order valence-corrected chi connectivity index (χ4v) is 3.20. The molecule has 2 atom stereocenters. The predicted molar refractivity (Wildman–Crippen MR) is 99.5 cm³/mol. The summed E-state index contributed by atoms with van der Waals surface area (Å²) in [6.45, 7) is 8.52. The number of pyridine rings is 1. The lowest BCUT2D eigenvalue weighted by molar-refractivity contribution is -0.134. The first-order chi connectivity index (χ1) is 11.9. The van der Waals surface area contributed by atoms with Crippen molar-refractivity contribution in [2.75, 3.05) is 19.6 Å². The molecule has 0 bridgehead atoms. The van der Waals surface area contributed by atoms with Crippen LogP contribution in [-0.2, 0) is 4.79 Å². The maximum Gasteiger partial charge on any atom is 0.252 e. The first-order valence-corrected chi connectivity index (χ1v) is 9.41. The van der Waals surface area contributed by atoms with Crippen LogP contribution >= 0.6 is 11.6 Å². The molecule has 0 unspecified atom stereocenters. The van der Waals surface area contributed by atoms with Gasteiger partial charge in [0.25, 0.3) is 5.91 Å². The van der Waals surface area contributed by atoms with Crippen molar-refractivity contribution in [3.63, 3.8) is 0 Å². The molecule has 1 fully saturated rings. The zero-order chi connectivity index (χ0) is 18.4. The number of carbonyl (C=O) groups is 2. The van der Waals surface area contributed by atoms with Crippen molar-refractivity contribution in [2.45, 2.75) is 40.0 Å². The van der Waals surface area contributed by atoms with Crippen molar-refractivity contribution in [3.05, 3.63) is 29.0 Å². The molecule has 0 radical (unpaired) electrons. The van der Waals surface area contributed by atoms with Gasteiger partial charge in [-0.05, 0) is 36.7 Å². The van der Waals surface area contributed by atoms with Gasteiger partial charge in [-0.1, -0.05) is 32.4 Å². The van der Waals surface area contributed by atoms with Crippen molar-refractivity contribution in [1.82, 2.24) is 15.2 Å². The lowest BCUT2D eigenvalue weighted by Gasteiger charge is -2.34. The fourth-order valence-electron chi connectivity index (χ4n) is 2.99. The van der Waals surface area contributed by atoms with E-state index in [1.807, 2.05) is 4.90 Å². The third-order valence-corrected chi connectivity index (χ3v) is 5.38. The number of hydrogen-bond donors (Lipinski definition) is 1. The van der Waals surface area contributed by atoms with Gasteiger partial charge >= 0.3 is 0 Å². The Kier molecular flexibility index (Phi) is 7.24. The maximum atomic E-state index is 12.5. The molecule has 0 aliphatic carbocycles. The second-order valence-electron chi connectivity index (χ2n) is 7.34. The molecular formula is C19H28ClN3O2. The van der Waals surface area contributed by atoms with Crippen molar-refractivity contribution in [1.29, 1.82) is 0 Å². The predicted octanol–water partition coefficient (Wildman–Crippen LogP) is 3.39. The number of piperidine rings is 1. The highest BCUT2D eigenvalue weighted by Crippen LogP contribution is 2.21. The number of nitrogens with one attached hydrogen (secondary N) is 1. The molecule has 1 saturated heterocycles. The number of aromatic nitrogens is 1. The Labute approximate surface area is 155 Å². The van der Waals surface area contributed by atoms with Crippen molar-refractivity contribution in [2.24, 2.45) is 17.8 Å². The maximum absolute atomic E-state index is 12.5. The van der Waals surface area contributed by atoms with E-state index in [4.69, 9.17) is 11.6 Å². The number of hydrogen-bond acceptors (Lipinski definition) is 3. The lowest BCUT2D eigenvalue weighted by Crippen LogP contribution is -2.44. The van der Waals surface area contributed by atoms with E-state index >= 15 is 0 Å². The molecule has 1 N–H and O–H groups in total. The largest absolute Gasteiger partial charge is 0.352 e. The van der Waals surface area contributed by atoms with Gasteiger partial charge < -0.3 is 10.2 Å². The summed E-state index contributed by atoms with van der Waals surface area (Å²) in [7, 11) is 0. The van der Waals surface area contributed by atoms with Crippen LogP contribution in [0.1, 0.15) is 50.4 Å². The summed E-state index contributed by atoms with van der Waals surface area (Å²) in [5, 5.41) is 3.29. The summed E-state index contributed by atoms with van der Waals surface area (Å²) in [4.78, 5) is 30.6. The minimum Gasteiger partial charge on any atom is -0.352 e. The molecule has 138 valence electrons. The Morgan fingerprint density at radius 3 is 2.84 bits per heavy atom. The van der Waals surface area contributed by atoms with Gasteiger partial charge in [0.05, 0.1) is 10.6 Å². The SMILES string of the molecule is CC(C)[C@@H](C)CC(=O)N1CCC[C@H](CNC(=O)c2ccncc2Cl)C1. The van der Waals surface area contributed by atoms with Gasteiger partial charge in [-0.15, -0.1) is 0 Å². The molecule has 2 rings (SSSR count). The summed E-state index contributed by atoms with van der Waals surface area (Å²) in [5.74, 6) is 1.23. The molecule has 1 aromatic heterocycles. The van der Waals surface area contributed by atoms with Crippen LogP contribution in [0.2, 0.25) is 5.02 Å². The van der Waals surface area contributed by atoms with E-state index in [2.05, 4.69) is 31.1 Å². The van der Waals surface area contributed by atoms with Crippen LogP contribution in [0.5, 0.6) is 0 Å². The number of carbonyl (C=O) groups excluding carboxylic acids is 2. The Hall–Kier alpha value is -1.62. The van der Waals surface area contributed by atoms with Gasteiger partial charge in [0.1, 0.15) is 0 Å². The molecule has 25 heavy (non-hydrogen) atoms. The lowest BCUT2D eigenvalue weighted by atomic mass is 9.92. The topological polar surface area (TPSA) is 62.3 Å². The van der Waals surface area contributed by atoms with E-state index in [0.29, 0.717) is 41.9 Å². The van der Waals surface area contributed by atoms with Crippen LogP contribution in [0, 0.1) is 17.8 Å². The van der Waals surface area contributed by atoms with Crippen LogP contribution in [0.25, 0.3) is 0 Å². The molecule has 2 heterocycles. The third-order valence-electron chi connectivity index (χ3n) is 5.07. The molecule has 2 amide bonds. The average molecular weight is 366 g/mol. The number of halogens is 1. The van der Waals surface area contributed by atoms with Crippen LogP contribution in [0.15, 0.2) is 18.5 Å². The Balaban J connectivity index is 1.84. The molecule has 0 spiro atoms. The summed E-state index contributed by atoms with van der Waals surface area (Å²) in [6.07, 6.45) is 5.63. The van der Waals surface area contributed by atoms with Crippen molar-refractivity contribution < 1.29 is 9.59 Å². The molecule has 1 aliphatic rings. The highest BCUT2D eigenvalue weighted by Gasteiger charge is 2.25. The monoisotopic (exact) mass is 365 g/mol. The fraction of sp³-hybridized carbons (Fsp3) is 0.632. The van der Waals surface area contributed by atoms with Gasteiger partial charge in [-0.3, -0.25) is 14.6 Å². The Morgan fingerprint density at radius 2 is 2.16 bits per heavy atom. The molecule has 1 aromatic rings. The molecule has 5 nitrogen and oxygen atoms in total. The van der Waals surface area contributed by atoms with Crippen LogP contribution in [-0.4, -0.2) is 41.3 Å². The smallest absolute Gasteiger partial charge is 0.252 e. The van der Waals surface area contributed by atoms with E-state index in [0.717, 1.165) is 19.4 Å². The highest BCUT2D eigenvalue weighted by molar-refractivity contribution is 6.33. The van der Waals surface area contributed by atoms with E-state index in [1.54, 1.807) is 12.3 Å². The van der Waals surface area contributed by atoms with Gasteiger partial charge in [0.15, 0.2) is 0 Å². The van der Waals surface area contributed by atoms with E-state index in [9.17, 15) is 9.59 Å². The van der Waals surface area contributed by atoms with Gasteiger partial charge in [-0.25, -0.2) is 0 Å². The van der Waals surface area contributed by atoms with E-state index in [1.165, 1.54) is 6.20 Å². The number of rotatable bonds is 6. The van der Waals surface area contributed by atoms with E-state index < -0.39 is 0 Å². The first-order valence-electron chi connectivity index (χ1n) is 9.04. The number of nitrogens with zero attached hydrogens (tertiary/aromatic N) is 2. The Bertz CT molecular complexity index is 606. The minimum absolute atomic E-state index is 0.190. The van der Waals surface area contributed by atoms with Crippen LogP contribution in [0.4, 0.5) is 0 Å². The zero-order valence-corrected chi connectivity index (χ0v) is 16.1. The summed E-state index contributed by atoms with van der Waals surface area (Å²) >= 11 is 6.00. The average Bonchev–Trinajstić information content (AvgIpc) is 2.60. The number of likely N-dealkylation sites (tertiary alicyclic amines) is 1. The summed E-state index contributed by atoms with van der Waals surface area (Å²) < 4.78 is 0. The minimum atomic E-state index is -0.190. The highest BCUT2D eigenvalue weighted by atomic mass is 35.5. The van der Waals surface area contributed by atoms with Gasteiger partial charge in [0, 0.05) is 38.4 Å². The number of amides is 2. The zero-order valence-electron chi connectivity index (χ0n) is 15.3. The van der Waals surface area contributed by atoms with Crippen LogP contribution < -0.4 is 5.32 Å². The summed E-state index contributed by atoms with van der Waals surface area (Å²) in [5.41, 5.74) is 0.436. The second kappa shape index (κ2) is 9.18. The quantitative estimate of drug-likeness (QED) is 0.840. The second-order valence-corrected chi connectivity index (χ2v) is 7.75. The molecule has 0 saturated carbocycles.